The zero-order valence-corrected chi connectivity index (χ0v) is 21.0. The second-order valence-electron chi connectivity index (χ2n) is 8.60. The summed E-state index contributed by atoms with van der Waals surface area (Å²) in [6.07, 6.45) is 6.50. The first-order chi connectivity index (χ1) is 15.7. The molecule has 3 aromatic rings. The number of piperidine rings is 1. The lowest BCUT2D eigenvalue weighted by Gasteiger charge is -2.35. The number of thiazole rings is 1. The third-order valence-electron chi connectivity index (χ3n) is 6.21. The monoisotopic (exact) mass is 465 g/mol. The van der Waals surface area contributed by atoms with Crippen LogP contribution in [0.4, 0.5) is 10.9 Å². The second-order valence-corrected chi connectivity index (χ2v) is 9.80. The molecule has 4 heterocycles. The quantitative estimate of drug-likeness (QED) is 0.549. The summed E-state index contributed by atoms with van der Waals surface area (Å²) in [7, 11) is 1.92. The minimum atomic E-state index is -0.0750. The van der Waals surface area contributed by atoms with E-state index in [1.807, 2.05) is 56.5 Å². The first-order valence-corrected chi connectivity index (χ1v) is 12.1. The number of nitrogens with zero attached hydrogens (tertiary/aromatic N) is 6. The molecule has 1 fully saturated rings. The van der Waals surface area contributed by atoms with Gasteiger partial charge in [-0.25, -0.2) is 15.0 Å². The number of likely N-dealkylation sites (tertiary alicyclic amines) is 1. The van der Waals surface area contributed by atoms with E-state index in [0.29, 0.717) is 11.6 Å². The Balaban J connectivity index is 1.58. The summed E-state index contributed by atoms with van der Waals surface area (Å²) in [5.74, 6) is 1.38. The van der Waals surface area contributed by atoms with Gasteiger partial charge in [0.05, 0.1) is 23.1 Å². The van der Waals surface area contributed by atoms with Crippen molar-refractivity contribution in [2.45, 2.75) is 59.9 Å². The lowest BCUT2D eigenvalue weighted by molar-refractivity contribution is -0.129. The molecule has 0 unspecified atom stereocenters. The van der Waals surface area contributed by atoms with Gasteiger partial charge in [-0.15, -0.1) is 11.3 Å². The summed E-state index contributed by atoms with van der Waals surface area (Å²) >= 11 is 1.61. The predicted molar refractivity (Wildman–Crippen MR) is 132 cm³/mol. The molecule has 0 aliphatic carbocycles. The number of nitrogens with one attached hydrogen (secondary N) is 1. The van der Waals surface area contributed by atoms with Crippen LogP contribution in [0.1, 0.15) is 64.3 Å². The molecule has 0 bridgehead atoms. The number of amides is 1. The van der Waals surface area contributed by atoms with Gasteiger partial charge in [0.25, 0.3) is 0 Å². The number of rotatable bonds is 5. The molecule has 4 rings (SSSR count). The Labute approximate surface area is 198 Å². The summed E-state index contributed by atoms with van der Waals surface area (Å²) in [6, 6.07) is 1.88. The van der Waals surface area contributed by atoms with Crippen molar-refractivity contribution in [3.8, 4) is 0 Å². The molecule has 33 heavy (non-hydrogen) atoms. The van der Waals surface area contributed by atoms with Gasteiger partial charge in [-0.2, -0.15) is 5.10 Å². The van der Waals surface area contributed by atoms with Gasteiger partial charge in [-0.05, 0) is 60.0 Å². The van der Waals surface area contributed by atoms with E-state index >= 15 is 0 Å². The highest BCUT2D eigenvalue weighted by Gasteiger charge is 2.28. The molecule has 1 N–H and O–H groups in total. The molecule has 174 valence electrons. The fraction of sp³-hybridized carbons (Fsp3) is 0.458. The van der Waals surface area contributed by atoms with Gasteiger partial charge in [-0.1, -0.05) is 0 Å². The van der Waals surface area contributed by atoms with Crippen LogP contribution in [-0.2, 0) is 11.8 Å². The van der Waals surface area contributed by atoms with Crippen LogP contribution < -0.4 is 5.32 Å². The smallest absolute Gasteiger partial charge is 0.247 e. The van der Waals surface area contributed by atoms with Crippen molar-refractivity contribution in [1.29, 1.82) is 0 Å². The van der Waals surface area contributed by atoms with Gasteiger partial charge in [0.1, 0.15) is 11.6 Å². The summed E-state index contributed by atoms with van der Waals surface area (Å²) < 4.78 is 1.84. The minimum Gasteiger partial charge on any atom is -0.331 e. The highest BCUT2D eigenvalue weighted by Crippen LogP contribution is 2.32. The predicted octanol–water partition coefficient (Wildman–Crippen LogP) is 4.72. The van der Waals surface area contributed by atoms with Gasteiger partial charge in [0, 0.05) is 41.9 Å². The van der Waals surface area contributed by atoms with Crippen LogP contribution in [0.2, 0.25) is 0 Å². The molecular weight excluding hydrogens is 434 g/mol. The zero-order valence-electron chi connectivity index (χ0n) is 20.1. The summed E-state index contributed by atoms with van der Waals surface area (Å²) in [5, 5.41) is 8.57. The zero-order chi connectivity index (χ0) is 23.7. The fourth-order valence-electron chi connectivity index (χ4n) is 4.25. The maximum absolute atomic E-state index is 13.2. The highest BCUT2D eigenvalue weighted by atomic mass is 32.1. The molecule has 0 radical (unpaired) electrons. The molecule has 1 aliphatic heterocycles. The van der Waals surface area contributed by atoms with E-state index in [0.717, 1.165) is 59.3 Å². The highest BCUT2D eigenvalue weighted by molar-refractivity contribution is 7.15. The summed E-state index contributed by atoms with van der Waals surface area (Å²) in [4.78, 5) is 30.2. The number of hydrogen-bond acceptors (Lipinski definition) is 7. The summed E-state index contributed by atoms with van der Waals surface area (Å²) in [6.45, 7) is 10.6. The van der Waals surface area contributed by atoms with Crippen molar-refractivity contribution in [2.75, 3.05) is 11.9 Å². The van der Waals surface area contributed by atoms with Gasteiger partial charge < -0.3 is 10.2 Å². The van der Waals surface area contributed by atoms with Crippen molar-refractivity contribution < 1.29 is 4.79 Å². The van der Waals surface area contributed by atoms with Crippen LogP contribution in [0.5, 0.6) is 0 Å². The van der Waals surface area contributed by atoms with Gasteiger partial charge in [-0.3, -0.25) is 9.48 Å². The third-order valence-corrected chi connectivity index (χ3v) is 7.19. The van der Waals surface area contributed by atoms with E-state index in [4.69, 9.17) is 4.98 Å². The number of anilines is 2. The molecule has 9 heteroatoms. The van der Waals surface area contributed by atoms with Gasteiger partial charge in [0.15, 0.2) is 5.13 Å². The third kappa shape index (κ3) is 4.98. The molecule has 3 aromatic heterocycles. The van der Waals surface area contributed by atoms with Crippen molar-refractivity contribution >= 4 is 34.3 Å². The van der Waals surface area contributed by atoms with Crippen molar-refractivity contribution in [2.24, 2.45) is 7.05 Å². The Morgan fingerprint density at radius 1 is 1.12 bits per heavy atom. The van der Waals surface area contributed by atoms with Crippen molar-refractivity contribution in [3.05, 3.63) is 51.2 Å². The molecule has 0 aromatic carbocycles. The van der Waals surface area contributed by atoms with E-state index in [1.54, 1.807) is 17.4 Å². The Morgan fingerprint density at radius 3 is 2.58 bits per heavy atom. The largest absolute Gasteiger partial charge is 0.331 e. The molecule has 0 spiro atoms. The second kappa shape index (κ2) is 9.43. The van der Waals surface area contributed by atoms with Crippen molar-refractivity contribution in [3.63, 3.8) is 0 Å². The lowest BCUT2D eigenvalue weighted by atomic mass is 9.98. The van der Waals surface area contributed by atoms with E-state index in [1.165, 1.54) is 4.88 Å². The van der Waals surface area contributed by atoms with Gasteiger partial charge >= 0.3 is 0 Å². The molecule has 1 aliphatic rings. The Morgan fingerprint density at radius 2 is 1.91 bits per heavy atom. The average molecular weight is 466 g/mol. The lowest BCUT2D eigenvalue weighted by Crippen LogP contribution is -2.38. The topological polar surface area (TPSA) is 88.8 Å². The molecule has 8 nitrogen and oxygen atoms in total. The minimum absolute atomic E-state index is 0.000648. The maximum Gasteiger partial charge on any atom is 0.247 e. The maximum atomic E-state index is 13.2. The normalized spacial score (nSPS) is 16.5. The van der Waals surface area contributed by atoms with Crippen LogP contribution in [0.3, 0.4) is 0 Å². The number of carbonyl (C=O) groups is 1. The Hall–Kier alpha value is -3.07. The molecule has 1 amide bonds. The molecule has 1 atom stereocenters. The van der Waals surface area contributed by atoms with E-state index in [2.05, 4.69) is 27.3 Å². The molecular formula is C24H31N7OS. The van der Waals surface area contributed by atoms with Crippen LogP contribution in [0.15, 0.2) is 12.1 Å². The van der Waals surface area contributed by atoms with Crippen LogP contribution in [-0.4, -0.2) is 42.1 Å². The average Bonchev–Trinajstić information content (AvgIpc) is 3.21. The molecule has 1 saturated heterocycles. The van der Waals surface area contributed by atoms with Crippen LogP contribution in [0.25, 0.3) is 6.08 Å². The SMILES string of the molecule is Cc1nc(Nc2nc(C)c(C)s2)cc([C@H]2CCCCN2C(=O)/C=C/c2c(C)nn(C)c2C)n1. The first-order valence-electron chi connectivity index (χ1n) is 11.3. The fourth-order valence-corrected chi connectivity index (χ4v) is 5.07. The number of hydrogen-bond donors (Lipinski definition) is 1. The molecule has 0 saturated carbocycles. The first kappa shape index (κ1) is 23.1. The number of aromatic nitrogens is 5. The van der Waals surface area contributed by atoms with Crippen LogP contribution in [0, 0.1) is 34.6 Å². The number of aryl methyl sites for hydroxylation is 5. The summed E-state index contributed by atoms with van der Waals surface area (Å²) in [5.41, 5.74) is 4.84. The van der Waals surface area contributed by atoms with E-state index in [-0.39, 0.29) is 11.9 Å². The Kier molecular flexibility index (Phi) is 6.60. The number of carbonyl (C=O) groups excluding carboxylic acids is 1. The van der Waals surface area contributed by atoms with Gasteiger partial charge in [0.2, 0.25) is 5.91 Å². The van der Waals surface area contributed by atoms with E-state index in [9.17, 15) is 4.79 Å². The Bertz CT molecular complexity index is 1190. The van der Waals surface area contributed by atoms with E-state index < -0.39 is 0 Å². The van der Waals surface area contributed by atoms with Crippen LogP contribution >= 0.6 is 11.3 Å². The van der Waals surface area contributed by atoms with Crippen molar-refractivity contribution in [1.82, 2.24) is 29.6 Å². The standard InChI is InChI=1S/C24H31N7OS/c1-14-17(4)33-24(25-14)28-22-13-20(26-18(5)27-22)21-9-7-8-12-31(21)23(32)11-10-19-15(2)29-30(6)16(19)3/h10-11,13,21H,7-9,12H2,1-6H3,(H,25,26,27,28)/b11-10+/t21-/m1/s1.